The predicted octanol–water partition coefficient (Wildman–Crippen LogP) is 2.13. The van der Waals surface area contributed by atoms with Crippen LogP contribution in [0, 0.1) is 10.1 Å². The maximum Gasteiger partial charge on any atom is 0.344 e. The second kappa shape index (κ2) is 6.14. The third-order valence-electron chi connectivity index (χ3n) is 2.10. The summed E-state index contributed by atoms with van der Waals surface area (Å²) in [5, 5.41) is 10.6. The smallest absolute Gasteiger partial charge is 0.344 e. The summed E-state index contributed by atoms with van der Waals surface area (Å²) in [6, 6.07) is 3.67. The highest BCUT2D eigenvalue weighted by atomic mass is 16.6. The van der Waals surface area contributed by atoms with Crippen molar-refractivity contribution in [3.63, 3.8) is 0 Å². The maximum atomic E-state index is 11.4. The van der Waals surface area contributed by atoms with Gasteiger partial charge in [0.25, 0.3) is 5.69 Å². The molecule has 1 aromatic rings. The average molecular weight is 281 g/mol. The van der Waals surface area contributed by atoms with Gasteiger partial charge in [0.15, 0.2) is 12.9 Å². The number of ether oxygens (including phenoxy) is 2. The van der Waals surface area contributed by atoms with Gasteiger partial charge in [-0.3, -0.25) is 14.9 Å². The highest BCUT2D eigenvalue weighted by molar-refractivity contribution is 5.82. The molecule has 0 aromatic heterocycles. The molecule has 0 saturated carbocycles. The molecule has 0 heterocycles. The van der Waals surface area contributed by atoms with Crippen molar-refractivity contribution in [3.8, 4) is 5.75 Å². The molecule has 0 aliphatic heterocycles. The Balaban J connectivity index is 2.72. The van der Waals surface area contributed by atoms with Gasteiger partial charge in [-0.2, -0.15) is 0 Å². The van der Waals surface area contributed by atoms with Crippen LogP contribution in [-0.4, -0.2) is 29.4 Å². The number of esters is 1. The zero-order chi connectivity index (χ0) is 15.3. The molecule has 0 amide bonds. The summed E-state index contributed by atoms with van der Waals surface area (Å²) < 4.78 is 10.2. The van der Waals surface area contributed by atoms with Gasteiger partial charge in [0.2, 0.25) is 0 Å². The summed E-state index contributed by atoms with van der Waals surface area (Å²) in [4.78, 5) is 32.2. The van der Waals surface area contributed by atoms with Crippen LogP contribution in [0.3, 0.4) is 0 Å². The van der Waals surface area contributed by atoms with Crippen LogP contribution in [0.2, 0.25) is 0 Å². The molecule has 0 atom stereocenters. The molecular formula is C13H15NO6. The summed E-state index contributed by atoms with van der Waals surface area (Å²) in [7, 11) is 0. The topological polar surface area (TPSA) is 95.7 Å². The van der Waals surface area contributed by atoms with Crippen LogP contribution in [0.4, 0.5) is 5.69 Å². The van der Waals surface area contributed by atoms with Crippen LogP contribution in [0.15, 0.2) is 18.2 Å². The van der Waals surface area contributed by atoms with Crippen LogP contribution < -0.4 is 4.74 Å². The summed E-state index contributed by atoms with van der Waals surface area (Å²) in [5.41, 5.74) is -1.05. The third-order valence-corrected chi connectivity index (χ3v) is 2.10. The molecule has 0 bridgehead atoms. The minimum absolute atomic E-state index is 0.114. The van der Waals surface area contributed by atoms with E-state index in [1.54, 1.807) is 20.8 Å². The lowest BCUT2D eigenvalue weighted by atomic mass is 10.2. The number of hydrogen-bond donors (Lipinski definition) is 0. The number of carbonyl (C=O) groups is 2. The van der Waals surface area contributed by atoms with E-state index in [2.05, 4.69) is 0 Å². The highest BCUT2D eigenvalue weighted by Gasteiger charge is 2.18. The first-order valence-corrected chi connectivity index (χ1v) is 5.81. The molecule has 7 heteroatoms. The van der Waals surface area contributed by atoms with Crippen LogP contribution in [0.1, 0.15) is 31.1 Å². The van der Waals surface area contributed by atoms with Crippen molar-refractivity contribution >= 4 is 17.9 Å². The Labute approximate surface area is 115 Å². The number of aldehydes is 1. The largest absolute Gasteiger partial charge is 0.482 e. The minimum Gasteiger partial charge on any atom is -0.482 e. The van der Waals surface area contributed by atoms with E-state index in [-0.39, 0.29) is 23.6 Å². The van der Waals surface area contributed by atoms with Crippen LogP contribution in [0.5, 0.6) is 5.75 Å². The maximum absolute atomic E-state index is 11.4. The van der Waals surface area contributed by atoms with E-state index in [1.807, 2.05) is 0 Å². The van der Waals surface area contributed by atoms with Gasteiger partial charge in [-0.15, -0.1) is 0 Å². The quantitative estimate of drug-likeness (QED) is 0.355. The van der Waals surface area contributed by atoms with E-state index in [9.17, 15) is 19.7 Å². The Hall–Kier alpha value is -2.44. The van der Waals surface area contributed by atoms with Crippen molar-refractivity contribution in [2.45, 2.75) is 26.4 Å². The van der Waals surface area contributed by atoms with Crippen molar-refractivity contribution in [3.05, 3.63) is 33.9 Å². The number of carbonyl (C=O) groups excluding carboxylic acids is 2. The van der Waals surface area contributed by atoms with Gasteiger partial charge >= 0.3 is 5.97 Å². The number of nitrogens with zero attached hydrogens (tertiary/aromatic N) is 1. The monoisotopic (exact) mass is 281 g/mol. The van der Waals surface area contributed by atoms with E-state index >= 15 is 0 Å². The molecule has 108 valence electrons. The standard InChI is InChI=1S/C13H15NO6/c1-13(2,3)20-12(16)8-19-10-4-5-11(14(17)18)9(6-10)7-15/h4-7H,8H2,1-3H3. The molecule has 20 heavy (non-hydrogen) atoms. The zero-order valence-corrected chi connectivity index (χ0v) is 11.4. The Bertz CT molecular complexity index is 532. The number of nitro groups is 1. The van der Waals surface area contributed by atoms with Gasteiger partial charge in [-0.1, -0.05) is 0 Å². The summed E-state index contributed by atoms with van der Waals surface area (Å²) in [5.74, 6) is -0.382. The van der Waals surface area contributed by atoms with Gasteiger partial charge in [-0.05, 0) is 32.9 Å². The number of nitro benzene ring substituents is 1. The molecule has 0 spiro atoms. The Morgan fingerprint density at radius 1 is 1.40 bits per heavy atom. The SMILES string of the molecule is CC(C)(C)OC(=O)COc1ccc([N+](=O)[O-])c(C=O)c1. The van der Waals surface area contributed by atoms with Crippen molar-refractivity contribution in [1.82, 2.24) is 0 Å². The third kappa shape index (κ3) is 4.68. The lowest BCUT2D eigenvalue weighted by Gasteiger charge is -2.19. The van der Waals surface area contributed by atoms with Gasteiger partial charge in [-0.25, -0.2) is 4.79 Å². The molecule has 1 rings (SSSR count). The minimum atomic E-state index is -0.665. The van der Waals surface area contributed by atoms with Crippen molar-refractivity contribution in [2.75, 3.05) is 6.61 Å². The zero-order valence-electron chi connectivity index (χ0n) is 11.4. The first-order valence-electron chi connectivity index (χ1n) is 5.81. The summed E-state index contributed by atoms with van der Waals surface area (Å²) in [6.45, 7) is 4.83. The molecule has 0 N–H and O–H groups in total. The Morgan fingerprint density at radius 3 is 2.55 bits per heavy atom. The molecule has 7 nitrogen and oxygen atoms in total. The van der Waals surface area contributed by atoms with E-state index in [0.29, 0.717) is 6.29 Å². The molecule has 0 saturated heterocycles. The molecule has 1 aromatic carbocycles. The molecular weight excluding hydrogens is 266 g/mol. The molecule has 0 fully saturated rings. The van der Waals surface area contributed by atoms with Gasteiger partial charge < -0.3 is 9.47 Å². The average Bonchev–Trinajstić information content (AvgIpc) is 2.33. The summed E-state index contributed by atoms with van der Waals surface area (Å²) in [6.07, 6.45) is 0.360. The van der Waals surface area contributed by atoms with E-state index in [4.69, 9.17) is 9.47 Å². The van der Waals surface area contributed by atoms with Crippen molar-refractivity contribution in [2.24, 2.45) is 0 Å². The van der Waals surface area contributed by atoms with Crippen molar-refractivity contribution < 1.29 is 24.0 Å². The molecule has 0 radical (unpaired) electrons. The molecule has 0 aliphatic carbocycles. The second-order valence-corrected chi connectivity index (χ2v) is 4.97. The Morgan fingerprint density at radius 2 is 2.05 bits per heavy atom. The number of hydrogen-bond acceptors (Lipinski definition) is 6. The fourth-order valence-electron chi connectivity index (χ4n) is 1.40. The summed E-state index contributed by atoms with van der Waals surface area (Å²) >= 11 is 0. The normalized spacial score (nSPS) is 10.8. The van der Waals surface area contributed by atoms with E-state index < -0.39 is 16.5 Å². The number of rotatable bonds is 5. The number of benzene rings is 1. The second-order valence-electron chi connectivity index (χ2n) is 4.97. The fourth-order valence-corrected chi connectivity index (χ4v) is 1.40. The van der Waals surface area contributed by atoms with Gasteiger partial charge in [0, 0.05) is 6.07 Å². The lowest BCUT2D eigenvalue weighted by molar-refractivity contribution is -0.385. The van der Waals surface area contributed by atoms with E-state index in [1.165, 1.54) is 12.1 Å². The molecule has 0 unspecified atom stereocenters. The highest BCUT2D eigenvalue weighted by Crippen LogP contribution is 2.22. The first-order chi connectivity index (χ1) is 9.23. The van der Waals surface area contributed by atoms with Gasteiger partial charge in [0.05, 0.1) is 10.5 Å². The van der Waals surface area contributed by atoms with Crippen LogP contribution in [0.25, 0.3) is 0 Å². The fraction of sp³-hybridized carbons (Fsp3) is 0.385. The first kappa shape index (κ1) is 15.6. The van der Waals surface area contributed by atoms with Crippen molar-refractivity contribution in [1.29, 1.82) is 0 Å². The van der Waals surface area contributed by atoms with Gasteiger partial charge in [0.1, 0.15) is 11.4 Å². The predicted molar refractivity (Wildman–Crippen MR) is 69.8 cm³/mol. The van der Waals surface area contributed by atoms with Crippen LogP contribution in [-0.2, 0) is 9.53 Å². The lowest BCUT2D eigenvalue weighted by Crippen LogP contribution is -2.27. The molecule has 0 aliphatic rings. The van der Waals surface area contributed by atoms with E-state index in [0.717, 1.165) is 6.07 Å². The Kier molecular flexibility index (Phi) is 4.79. The van der Waals surface area contributed by atoms with Crippen LogP contribution >= 0.6 is 0 Å².